The number of fused-ring (bicyclic) bond motifs is 6. The standard InChI is InChI=1S/C19H13Br2N5O2S/c1-2-29-18-23-16(27)15-11-7-9(20)3-5-13(11)24-19(26(15)25-18)12-8-10(21)4-6-14(12)22-17(19)28/h3-8H,2H2,1H3,(H2,22,23,25,27,28)/p+1/t19-/m0/s1. The van der Waals surface area contributed by atoms with E-state index in [1.54, 1.807) is 0 Å². The first kappa shape index (κ1) is 18.8. The molecule has 3 N–H and O–H groups in total. The van der Waals surface area contributed by atoms with Crippen LogP contribution < -0.4 is 20.9 Å². The van der Waals surface area contributed by atoms with Gasteiger partial charge in [-0.25, -0.2) is 0 Å². The fourth-order valence-electron chi connectivity index (χ4n) is 3.76. The molecule has 1 atom stereocenters. The Labute approximate surface area is 186 Å². The lowest BCUT2D eigenvalue weighted by Crippen LogP contribution is -2.71. The summed E-state index contributed by atoms with van der Waals surface area (Å²) < 4.78 is 3.17. The number of nitrogens with zero attached hydrogens (tertiary/aromatic N) is 2. The molecule has 2 aliphatic heterocycles. The fraction of sp³-hybridized carbons (Fsp3) is 0.158. The van der Waals surface area contributed by atoms with E-state index in [1.807, 2.05) is 43.3 Å². The van der Waals surface area contributed by atoms with Crippen LogP contribution in [0.15, 0.2) is 55.3 Å². The summed E-state index contributed by atoms with van der Waals surface area (Å²) in [5, 5.41) is 11.4. The average Bonchev–Trinajstić information content (AvgIpc) is 2.94. The van der Waals surface area contributed by atoms with Gasteiger partial charge in [0.15, 0.2) is 0 Å². The summed E-state index contributed by atoms with van der Waals surface area (Å²) in [6, 6.07) is 11.1. The summed E-state index contributed by atoms with van der Waals surface area (Å²) in [7, 11) is 0. The third-order valence-corrected chi connectivity index (χ3v) is 6.67. The molecule has 3 aromatic rings. The van der Waals surface area contributed by atoms with Crippen LogP contribution in [0, 0.1) is 0 Å². The van der Waals surface area contributed by atoms with E-state index < -0.39 is 5.66 Å². The van der Waals surface area contributed by atoms with Gasteiger partial charge in [-0.3, -0.25) is 14.6 Å². The number of aromatic nitrogens is 3. The van der Waals surface area contributed by atoms with Crippen molar-refractivity contribution in [1.29, 1.82) is 0 Å². The summed E-state index contributed by atoms with van der Waals surface area (Å²) in [5.41, 5.74) is 1.38. The fourth-order valence-corrected chi connectivity index (χ4v) is 5.06. The number of H-pyrrole nitrogens is 1. The second kappa shape index (κ2) is 6.68. The van der Waals surface area contributed by atoms with E-state index in [2.05, 4.69) is 52.6 Å². The largest absolute Gasteiger partial charge is 0.374 e. The highest BCUT2D eigenvalue weighted by Crippen LogP contribution is 2.43. The second-order valence-electron chi connectivity index (χ2n) is 6.62. The predicted octanol–water partition coefficient (Wildman–Crippen LogP) is 3.44. The molecule has 0 bridgehead atoms. The van der Waals surface area contributed by atoms with Crippen LogP contribution in [0.2, 0.25) is 0 Å². The van der Waals surface area contributed by atoms with Gasteiger partial charge >= 0.3 is 22.8 Å². The molecule has 0 unspecified atom stereocenters. The number of halogens is 2. The third-order valence-electron chi connectivity index (χ3n) is 4.94. The summed E-state index contributed by atoms with van der Waals surface area (Å²) in [6.45, 7) is 1.98. The summed E-state index contributed by atoms with van der Waals surface area (Å²) in [6.07, 6.45) is 0. The Bertz CT molecular complexity index is 1260. The van der Waals surface area contributed by atoms with Crippen molar-refractivity contribution in [3.63, 3.8) is 0 Å². The Balaban J connectivity index is 1.90. The van der Waals surface area contributed by atoms with Crippen molar-refractivity contribution >= 4 is 60.9 Å². The average molecular weight is 536 g/mol. The molecule has 2 aliphatic rings. The Morgan fingerprint density at radius 3 is 2.59 bits per heavy atom. The first-order chi connectivity index (χ1) is 13.9. The number of thioether (sulfide) groups is 1. The maximum atomic E-state index is 13.4. The summed E-state index contributed by atoms with van der Waals surface area (Å²) in [5.74, 6) is 0.440. The molecule has 0 saturated heterocycles. The van der Waals surface area contributed by atoms with Gasteiger partial charge in [-0.05, 0) is 46.8 Å². The van der Waals surface area contributed by atoms with E-state index in [0.717, 1.165) is 14.7 Å². The van der Waals surface area contributed by atoms with Crippen molar-refractivity contribution in [2.24, 2.45) is 0 Å². The number of anilines is 2. The lowest BCUT2D eigenvalue weighted by Gasteiger charge is -2.28. The van der Waals surface area contributed by atoms with Crippen molar-refractivity contribution in [2.45, 2.75) is 17.7 Å². The Kier molecular flexibility index (Phi) is 4.34. The Hall–Kier alpha value is -2.17. The minimum absolute atomic E-state index is 0.295. The van der Waals surface area contributed by atoms with E-state index in [1.165, 1.54) is 16.4 Å². The van der Waals surface area contributed by atoms with Gasteiger partial charge in [-0.15, -0.1) is 0 Å². The Morgan fingerprint density at radius 1 is 1.10 bits per heavy atom. The SMILES string of the molecule is CCSc1n[n+]2c(c(=O)[nH]1)-c1cc(Br)ccc1N[C@]21C(=O)Nc2ccc(Br)cc21. The van der Waals surface area contributed by atoms with Crippen LogP contribution in [0.25, 0.3) is 11.3 Å². The third kappa shape index (κ3) is 2.69. The quantitative estimate of drug-likeness (QED) is 0.345. The minimum atomic E-state index is -1.37. The molecule has 10 heteroatoms. The first-order valence-electron chi connectivity index (χ1n) is 8.83. The molecule has 1 amide bonds. The zero-order chi connectivity index (χ0) is 20.3. The number of hydrogen-bond donors (Lipinski definition) is 3. The number of hydrogen-bond acceptors (Lipinski definition) is 5. The van der Waals surface area contributed by atoms with Crippen molar-refractivity contribution < 1.29 is 9.48 Å². The van der Waals surface area contributed by atoms with Crippen LogP contribution in [0.3, 0.4) is 0 Å². The van der Waals surface area contributed by atoms with Crippen LogP contribution in [0.5, 0.6) is 0 Å². The van der Waals surface area contributed by atoms with E-state index in [4.69, 9.17) is 0 Å². The van der Waals surface area contributed by atoms with Gasteiger partial charge in [0.1, 0.15) is 0 Å². The van der Waals surface area contributed by atoms with Crippen molar-refractivity contribution in [3.8, 4) is 11.3 Å². The van der Waals surface area contributed by atoms with Gasteiger partial charge in [0, 0.05) is 14.0 Å². The molecule has 7 nitrogen and oxygen atoms in total. The van der Waals surface area contributed by atoms with Gasteiger partial charge in [0.2, 0.25) is 5.16 Å². The van der Waals surface area contributed by atoms with Crippen LogP contribution >= 0.6 is 43.6 Å². The number of rotatable bonds is 2. The number of carbonyl (C=O) groups is 1. The molecule has 3 heterocycles. The van der Waals surface area contributed by atoms with E-state index in [-0.39, 0.29) is 11.5 Å². The topological polar surface area (TPSA) is 90.8 Å². The highest BCUT2D eigenvalue weighted by Gasteiger charge is 2.62. The number of amides is 1. The molecule has 0 radical (unpaired) electrons. The highest BCUT2D eigenvalue weighted by molar-refractivity contribution is 9.10. The molecule has 146 valence electrons. The van der Waals surface area contributed by atoms with Gasteiger partial charge in [-0.1, -0.05) is 50.5 Å². The maximum Gasteiger partial charge on any atom is 0.374 e. The maximum absolute atomic E-state index is 13.4. The van der Waals surface area contributed by atoms with Crippen molar-refractivity contribution in [3.05, 3.63) is 61.3 Å². The zero-order valence-corrected chi connectivity index (χ0v) is 19.0. The number of carbonyl (C=O) groups excluding carboxylic acids is 1. The molecule has 0 saturated carbocycles. The Morgan fingerprint density at radius 2 is 1.83 bits per heavy atom. The number of nitrogens with one attached hydrogen (secondary N) is 3. The molecule has 5 rings (SSSR count). The molecule has 29 heavy (non-hydrogen) atoms. The van der Waals surface area contributed by atoms with Gasteiger partial charge < -0.3 is 10.6 Å². The minimum Gasteiger partial charge on any atom is -0.317 e. The molecule has 1 aromatic heterocycles. The summed E-state index contributed by atoms with van der Waals surface area (Å²) >= 11 is 8.37. The van der Waals surface area contributed by atoms with Crippen LogP contribution in [-0.2, 0) is 10.5 Å². The smallest absolute Gasteiger partial charge is 0.317 e. The predicted molar refractivity (Wildman–Crippen MR) is 118 cm³/mol. The highest BCUT2D eigenvalue weighted by atomic mass is 79.9. The molecule has 2 aromatic carbocycles. The van der Waals surface area contributed by atoms with Crippen LogP contribution in [0.1, 0.15) is 12.5 Å². The monoisotopic (exact) mass is 534 g/mol. The van der Waals surface area contributed by atoms with Crippen molar-refractivity contribution in [1.82, 2.24) is 10.1 Å². The molecular weight excluding hydrogens is 522 g/mol. The van der Waals surface area contributed by atoms with Gasteiger partial charge in [0.25, 0.3) is 0 Å². The number of benzene rings is 2. The van der Waals surface area contributed by atoms with Gasteiger partial charge in [0.05, 0.1) is 22.5 Å². The van der Waals surface area contributed by atoms with Gasteiger partial charge in [-0.2, -0.15) is 0 Å². The van der Waals surface area contributed by atoms with Crippen LogP contribution in [0.4, 0.5) is 11.4 Å². The van der Waals surface area contributed by atoms with Crippen LogP contribution in [-0.4, -0.2) is 21.7 Å². The van der Waals surface area contributed by atoms with E-state index in [0.29, 0.717) is 33.4 Å². The van der Waals surface area contributed by atoms with E-state index >= 15 is 0 Å². The molecule has 1 spiro atoms. The number of aromatic amines is 1. The lowest BCUT2D eigenvalue weighted by atomic mass is 9.95. The van der Waals surface area contributed by atoms with Crippen molar-refractivity contribution in [2.75, 3.05) is 16.4 Å². The van der Waals surface area contributed by atoms with E-state index in [9.17, 15) is 9.59 Å². The second-order valence-corrected chi connectivity index (χ2v) is 9.71. The first-order valence-corrected chi connectivity index (χ1v) is 11.4. The normalized spacial score (nSPS) is 18.7. The molecule has 0 aliphatic carbocycles. The summed E-state index contributed by atoms with van der Waals surface area (Å²) in [4.78, 5) is 29.4. The lowest BCUT2D eigenvalue weighted by molar-refractivity contribution is -0.781. The zero-order valence-electron chi connectivity index (χ0n) is 15.0. The molecular formula is C19H14Br2N5O2S+. The molecule has 0 fully saturated rings.